The normalized spacial score (nSPS) is 13.7. The zero-order valence-electron chi connectivity index (χ0n) is 22.5. The Morgan fingerprint density at radius 3 is 2.32 bits per heavy atom. The first kappa shape index (κ1) is 27.2. The highest BCUT2D eigenvalue weighted by Gasteiger charge is 2.34. The van der Waals surface area contributed by atoms with Gasteiger partial charge in [0.05, 0.1) is 17.2 Å². The summed E-state index contributed by atoms with van der Waals surface area (Å²) in [6.45, 7) is 4.59. The second kappa shape index (κ2) is 11.7. The summed E-state index contributed by atoms with van der Waals surface area (Å²) in [6, 6.07) is 9.72. The van der Waals surface area contributed by atoms with Crippen molar-refractivity contribution in [2.75, 3.05) is 24.2 Å². The highest BCUT2D eigenvalue weighted by atomic mass is 32.2. The maximum atomic E-state index is 13.0. The second-order valence-corrected chi connectivity index (χ2v) is 12.1. The number of aryl methyl sites for hydroxylation is 1. The maximum absolute atomic E-state index is 13.0. The van der Waals surface area contributed by atoms with Gasteiger partial charge in [0.25, 0.3) is 5.91 Å². The van der Waals surface area contributed by atoms with Crippen molar-refractivity contribution in [3.8, 4) is 11.3 Å². The molecule has 0 saturated heterocycles. The number of sulfonamides is 1. The number of anilines is 1. The molecule has 7 nitrogen and oxygen atoms in total. The van der Waals surface area contributed by atoms with Gasteiger partial charge in [0, 0.05) is 19.2 Å². The van der Waals surface area contributed by atoms with E-state index in [1.807, 2.05) is 37.3 Å². The Bertz CT molecular complexity index is 1340. The fraction of sp³-hybridized carbons (Fsp3) is 0.517. The number of furan rings is 1. The van der Waals surface area contributed by atoms with E-state index in [0.717, 1.165) is 48.8 Å². The molecule has 1 saturated carbocycles. The smallest absolute Gasteiger partial charge is 0.255 e. The first-order valence-corrected chi connectivity index (χ1v) is 15.3. The van der Waals surface area contributed by atoms with Crippen molar-refractivity contribution in [2.45, 2.75) is 77.6 Å². The number of carbonyl (C=O) groups is 1. The molecule has 1 N–H and O–H groups in total. The van der Waals surface area contributed by atoms with Crippen LogP contribution in [-0.4, -0.2) is 39.2 Å². The minimum absolute atomic E-state index is 0.237. The fourth-order valence-electron chi connectivity index (χ4n) is 4.82. The third-order valence-electron chi connectivity index (χ3n) is 7.08. The van der Waals surface area contributed by atoms with E-state index in [9.17, 15) is 13.2 Å². The highest BCUT2D eigenvalue weighted by Crippen LogP contribution is 2.46. The van der Waals surface area contributed by atoms with Crippen LogP contribution >= 0.6 is 0 Å². The minimum Gasteiger partial charge on any atom is -0.437 e. The first-order valence-electron chi connectivity index (χ1n) is 13.5. The number of fused-ring (bicyclic) bond motifs is 1. The van der Waals surface area contributed by atoms with Crippen LogP contribution in [0, 0.1) is 6.92 Å². The number of nitrogens with zero attached hydrogens (tertiary/aromatic N) is 2. The summed E-state index contributed by atoms with van der Waals surface area (Å²) in [5, 5.41) is 3.34. The number of hydrogen-bond acceptors (Lipinski definition) is 5. The van der Waals surface area contributed by atoms with Crippen LogP contribution in [0.2, 0.25) is 0 Å². The lowest BCUT2D eigenvalue weighted by Crippen LogP contribution is -2.32. The van der Waals surface area contributed by atoms with Crippen molar-refractivity contribution in [1.82, 2.24) is 10.3 Å². The van der Waals surface area contributed by atoms with E-state index in [1.54, 1.807) is 7.05 Å². The topological polar surface area (TPSA) is 92.5 Å². The third-order valence-corrected chi connectivity index (χ3v) is 8.23. The van der Waals surface area contributed by atoms with Crippen LogP contribution in [0.4, 0.5) is 5.82 Å². The average Bonchev–Trinajstić information content (AvgIpc) is 3.64. The number of unbranched alkanes of at least 4 members (excludes halogenated alkanes) is 6. The van der Waals surface area contributed by atoms with E-state index in [4.69, 9.17) is 9.40 Å². The molecule has 1 amide bonds. The van der Waals surface area contributed by atoms with Crippen molar-refractivity contribution in [3.63, 3.8) is 0 Å². The largest absolute Gasteiger partial charge is 0.437 e. The van der Waals surface area contributed by atoms with E-state index < -0.39 is 10.0 Å². The van der Waals surface area contributed by atoms with Gasteiger partial charge in [-0.1, -0.05) is 75.3 Å². The molecule has 0 bridgehead atoms. The Hall–Kier alpha value is -2.87. The zero-order valence-corrected chi connectivity index (χ0v) is 23.3. The lowest BCUT2D eigenvalue weighted by atomic mass is 10.0. The van der Waals surface area contributed by atoms with Gasteiger partial charge in [0.1, 0.15) is 11.6 Å². The van der Waals surface area contributed by atoms with Crippen LogP contribution < -0.4 is 9.62 Å². The lowest BCUT2D eigenvalue weighted by Gasteiger charge is -2.24. The Kier molecular flexibility index (Phi) is 8.57. The van der Waals surface area contributed by atoms with Gasteiger partial charge in [-0.2, -0.15) is 4.98 Å². The Morgan fingerprint density at radius 1 is 1.08 bits per heavy atom. The first-order chi connectivity index (χ1) is 17.7. The van der Waals surface area contributed by atoms with Crippen molar-refractivity contribution >= 4 is 32.8 Å². The SMILES string of the molecule is CCCCCCCCCN(c1nc2oc(-c3ccc(C)cc3)c(C(=O)NC)c2cc1C1CC1)S(C)(=O)=O. The Morgan fingerprint density at radius 2 is 1.73 bits per heavy atom. The molecule has 0 unspecified atom stereocenters. The Labute approximate surface area is 220 Å². The second-order valence-electron chi connectivity index (χ2n) is 10.2. The number of nitrogens with one attached hydrogen (secondary N) is 1. The molecule has 1 aliphatic carbocycles. The molecular formula is C29H39N3O4S. The molecule has 1 aromatic carbocycles. The predicted molar refractivity (Wildman–Crippen MR) is 150 cm³/mol. The molecular weight excluding hydrogens is 486 g/mol. The summed E-state index contributed by atoms with van der Waals surface area (Å²) in [5.74, 6) is 0.865. The van der Waals surface area contributed by atoms with E-state index in [0.29, 0.717) is 29.1 Å². The van der Waals surface area contributed by atoms with Gasteiger partial charge in [-0.3, -0.25) is 9.10 Å². The quantitative estimate of drug-likeness (QED) is 0.255. The monoisotopic (exact) mass is 525 g/mol. The number of aromatic nitrogens is 1. The molecule has 0 atom stereocenters. The van der Waals surface area contributed by atoms with Gasteiger partial charge in [-0.25, -0.2) is 8.42 Å². The number of benzene rings is 1. The molecule has 1 fully saturated rings. The summed E-state index contributed by atoms with van der Waals surface area (Å²) in [4.78, 5) is 17.8. The van der Waals surface area contributed by atoms with Gasteiger partial charge in [-0.15, -0.1) is 0 Å². The molecule has 200 valence electrons. The van der Waals surface area contributed by atoms with Crippen LogP contribution in [0.5, 0.6) is 0 Å². The summed E-state index contributed by atoms with van der Waals surface area (Å²) in [6.07, 6.45) is 10.9. The maximum Gasteiger partial charge on any atom is 0.255 e. The summed E-state index contributed by atoms with van der Waals surface area (Å²) in [5.41, 5.74) is 3.47. The Balaban J connectivity index is 1.74. The van der Waals surface area contributed by atoms with Gasteiger partial charge < -0.3 is 9.73 Å². The molecule has 3 aromatic rings. The molecule has 8 heteroatoms. The van der Waals surface area contributed by atoms with Crippen LogP contribution in [-0.2, 0) is 10.0 Å². The molecule has 0 radical (unpaired) electrons. The van der Waals surface area contributed by atoms with Gasteiger partial charge in [-0.05, 0) is 43.7 Å². The highest BCUT2D eigenvalue weighted by molar-refractivity contribution is 7.92. The fourth-order valence-corrected chi connectivity index (χ4v) is 5.75. The van der Waals surface area contributed by atoms with Crippen molar-refractivity contribution in [2.24, 2.45) is 0 Å². The molecule has 0 aliphatic heterocycles. The lowest BCUT2D eigenvalue weighted by molar-refractivity contribution is 0.0964. The van der Waals surface area contributed by atoms with Crippen LogP contribution in [0.15, 0.2) is 34.7 Å². The minimum atomic E-state index is -3.55. The molecule has 37 heavy (non-hydrogen) atoms. The number of pyridine rings is 1. The van der Waals surface area contributed by atoms with Crippen molar-refractivity contribution in [3.05, 3.63) is 47.0 Å². The number of rotatable bonds is 13. The molecule has 0 spiro atoms. The number of amides is 1. The molecule has 2 heterocycles. The van der Waals surface area contributed by atoms with Crippen molar-refractivity contribution < 1.29 is 17.6 Å². The zero-order chi connectivity index (χ0) is 26.6. The van der Waals surface area contributed by atoms with Gasteiger partial charge in [0.15, 0.2) is 0 Å². The van der Waals surface area contributed by atoms with Crippen LogP contribution in [0.1, 0.15) is 92.1 Å². The third kappa shape index (κ3) is 6.35. The molecule has 4 rings (SSSR count). The van der Waals surface area contributed by atoms with Gasteiger partial charge in [0.2, 0.25) is 15.7 Å². The number of carbonyl (C=O) groups excluding carboxylic acids is 1. The van der Waals surface area contributed by atoms with Crippen molar-refractivity contribution in [1.29, 1.82) is 0 Å². The summed E-state index contributed by atoms with van der Waals surface area (Å²) >= 11 is 0. The molecule has 2 aromatic heterocycles. The standard InChI is InChI=1S/C29H39N3O4S/c1-5-6-7-8-9-10-11-18-32(37(4,34)35)27-23(21-16-17-21)19-24-25(28(33)30-3)26(36-29(24)31-27)22-14-12-20(2)13-15-22/h12-15,19,21H,5-11,16-18H2,1-4H3,(H,30,33). The number of hydrogen-bond donors (Lipinski definition) is 1. The average molecular weight is 526 g/mol. The van der Waals surface area contributed by atoms with Crippen LogP contribution in [0.25, 0.3) is 22.4 Å². The summed E-state index contributed by atoms with van der Waals surface area (Å²) < 4.78 is 33.5. The van der Waals surface area contributed by atoms with E-state index in [-0.39, 0.29) is 17.5 Å². The predicted octanol–water partition coefficient (Wildman–Crippen LogP) is 6.56. The van der Waals surface area contributed by atoms with E-state index in [2.05, 4.69) is 12.2 Å². The summed E-state index contributed by atoms with van der Waals surface area (Å²) in [7, 11) is -1.95. The van der Waals surface area contributed by atoms with Crippen LogP contribution in [0.3, 0.4) is 0 Å². The van der Waals surface area contributed by atoms with E-state index in [1.165, 1.54) is 36.2 Å². The van der Waals surface area contributed by atoms with Gasteiger partial charge >= 0.3 is 0 Å². The van der Waals surface area contributed by atoms with E-state index >= 15 is 0 Å². The molecule has 1 aliphatic rings.